The number of nitrogens with zero attached hydrogens (tertiary/aromatic N) is 3. The van der Waals surface area contributed by atoms with Crippen molar-refractivity contribution in [1.82, 2.24) is 4.57 Å². The summed E-state index contributed by atoms with van der Waals surface area (Å²) in [5.74, 6) is -0.254. The van der Waals surface area contributed by atoms with Crippen LogP contribution in [0.25, 0.3) is 10.2 Å². The first-order valence-electron chi connectivity index (χ1n) is 8.50. The molecule has 3 aromatic rings. The Balaban J connectivity index is 2.04. The quantitative estimate of drug-likeness (QED) is 0.347. The van der Waals surface area contributed by atoms with Crippen molar-refractivity contribution in [2.24, 2.45) is 4.99 Å². The average molecular weight is 415 g/mol. The maximum atomic E-state index is 12.6. The lowest BCUT2D eigenvalue weighted by Crippen LogP contribution is -2.19. The molecule has 9 nitrogen and oxygen atoms in total. The summed E-state index contributed by atoms with van der Waals surface area (Å²) in [7, 11) is 2.87. The van der Waals surface area contributed by atoms with Crippen molar-refractivity contribution >= 4 is 39.1 Å². The van der Waals surface area contributed by atoms with E-state index in [4.69, 9.17) is 9.47 Å². The largest absolute Gasteiger partial charge is 0.497 e. The Bertz CT molecular complexity index is 1150. The van der Waals surface area contributed by atoms with Gasteiger partial charge in [0, 0.05) is 24.2 Å². The van der Waals surface area contributed by atoms with Gasteiger partial charge in [0.1, 0.15) is 5.75 Å². The zero-order chi connectivity index (χ0) is 21.0. The summed E-state index contributed by atoms with van der Waals surface area (Å²) in [4.78, 5) is 39.0. The first-order valence-corrected chi connectivity index (χ1v) is 9.32. The third-order valence-corrected chi connectivity index (χ3v) is 5.22. The number of nitro groups is 1. The molecule has 0 atom stereocenters. The first-order chi connectivity index (χ1) is 13.9. The molecule has 2 aromatic carbocycles. The van der Waals surface area contributed by atoms with Crippen LogP contribution in [0.2, 0.25) is 0 Å². The number of non-ortho nitro benzene ring substituents is 1. The molecule has 0 fully saturated rings. The molecule has 150 valence electrons. The van der Waals surface area contributed by atoms with Gasteiger partial charge < -0.3 is 14.0 Å². The van der Waals surface area contributed by atoms with E-state index in [0.717, 1.165) is 10.2 Å². The number of nitro benzene ring substituents is 1. The van der Waals surface area contributed by atoms with Crippen LogP contribution in [0.4, 0.5) is 5.69 Å². The zero-order valence-corrected chi connectivity index (χ0v) is 16.5. The van der Waals surface area contributed by atoms with E-state index in [2.05, 4.69) is 4.99 Å². The minimum absolute atomic E-state index is 0.108. The van der Waals surface area contributed by atoms with E-state index in [-0.39, 0.29) is 30.2 Å². The zero-order valence-electron chi connectivity index (χ0n) is 15.7. The Kier molecular flexibility index (Phi) is 6.03. The highest BCUT2D eigenvalue weighted by Gasteiger charge is 2.13. The number of aryl methyl sites for hydroxylation is 1. The summed E-state index contributed by atoms with van der Waals surface area (Å²) in [6.45, 7) is 0.283. The van der Waals surface area contributed by atoms with Gasteiger partial charge in [0.25, 0.3) is 11.6 Å². The monoisotopic (exact) mass is 415 g/mol. The van der Waals surface area contributed by atoms with E-state index in [1.54, 1.807) is 17.7 Å². The number of aromatic nitrogens is 1. The van der Waals surface area contributed by atoms with Crippen LogP contribution in [0.5, 0.6) is 5.75 Å². The van der Waals surface area contributed by atoms with Crippen molar-refractivity contribution in [1.29, 1.82) is 0 Å². The van der Waals surface area contributed by atoms with Crippen LogP contribution >= 0.6 is 11.3 Å². The number of fused-ring (bicyclic) bond motifs is 1. The molecule has 0 aliphatic heterocycles. The van der Waals surface area contributed by atoms with E-state index in [1.165, 1.54) is 42.7 Å². The van der Waals surface area contributed by atoms with Gasteiger partial charge in [-0.2, -0.15) is 4.99 Å². The number of carbonyl (C=O) groups is 2. The number of ether oxygens (including phenoxy) is 2. The maximum Gasteiger partial charge on any atom is 0.307 e. The summed E-state index contributed by atoms with van der Waals surface area (Å²) in [5.41, 5.74) is 0.920. The van der Waals surface area contributed by atoms with E-state index in [9.17, 15) is 19.7 Å². The summed E-state index contributed by atoms with van der Waals surface area (Å²) in [6, 6.07) is 10.7. The fourth-order valence-corrected chi connectivity index (χ4v) is 3.75. The Morgan fingerprint density at radius 2 is 1.90 bits per heavy atom. The second kappa shape index (κ2) is 8.65. The summed E-state index contributed by atoms with van der Waals surface area (Å²) >= 11 is 1.28. The van der Waals surface area contributed by atoms with Crippen molar-refractivity contribution in [2.45, 2.75) is 13.0 Å². The molecule has 0 radical (unpaired) electrons. The highest BCUT2D eigenvalue weighted by atomic mass is 32.1. The Morgan fingerprint density at radius 1 is 1.17 bits per heavy atom. The summed E-state index contributed by atoms with van der Waals surface area (Å²) in [5, 5.41) is 10.8. The number of benzene rings is 2. The second-order valence-corrected chi connectivity index (χ2v) is 6.93. The standard InChI is InChI=1S/C19H17N3O6S/c1-27-14-7-8-15-16(11-14)29-19(21(15)10-9-17(23)28-2)20-18(24)12-3-5-13(6-4-12)22(25)26/h3-8,11H,9-10H2,1-2H3. The number of rotatable bonds is 6. The fraction of sp³-hybridized carbons (Fsp3) is 0.211. The van der Waals surface area contributed by atoms with Gasteiger partial charge in [-0.1, -0.05) is 11.3 Å². The third kappa shape index (κ3) is 4.49. The Morgan fingerprint density at radius 3 is 2.52 bits per heavy atom. The molecule has 1 heterocycles. The molecule has 0 aliphatic carbocycles. The molecule has 0 saturated carbocycles. The number of thiazole rings is 1. The van der Waals surface area contributed by atoms with E-state index >= 15 is 0 Å². The maximum absolute atomic E-state index is 12.6. The molecular weight excluding hydrogens is 398 g/mol. The van der Waals surface area contributed by atoms with Crippen LogP contribution in [-0.2, 0) is 16.1 Å². The highest BCUT2D eigenvalue weighted by Crippen LogP contribution is 2.23. The molecule has 1 aromatic heterocycles. The van der Waals surface area contributed by atoms with Crippen LogP contribution in [-0.4, -0.2) is 35.6 Å². The first kappa shape index (κ1) is 20.2. The lowest BCUT2D eigenvalue weighted by atomic mass is 10.2. The number of methoxy groups -OCH3 is 2. The van der Waals surface area contributed by atoms with Crippen molar-refractivity contribution in [3.63, 3.8) is 0 Å². The van der Waals surface area contributed by atoms with Crippen LogP contribution in [0.1, 0.15) is 16.8 Å². The van der Waals surface area contributed by atoms with E-state index in [1.807, 2.05) is 12.1 Å². The molecule has 0 aliphatic rings. The molecular formula is C19H17N3O6S. The lowest BCUT2D eigenvalue weighted by Gasteiger charge is -2.05. The molecule has 0 bridgehead atoms. The van der Waals surface area contributed by atoms with Crippen LogP contribution < -0.4 is 9.54 Å². The average Bonchev–Trinajstić information content (AvgIpc) is 3.07. The molecule has 0 spiro atoms. The van der Waals surface area contributed by atoms with Gasteiger partial charge in [-0.05, 0) is 30.3 Å². The molecule has 0 unspecified atom stereocenters. The van der Waals surface area contributed by atoms with Crippen molar-refractivity contribution < 1.29 is 24.0 Å². The number of hydrogen-bond donors (Lipinski definition) is 0. The topological polar surface area (TPSA) is 113 Å². The Labute approximate surface area is 169 Å². The predicted molar refractivity (Wildman–Crippen MR) is 106 cm³/mol. The number of amides is 1. The molecule has 1 amide bonds. The minimum atomic E-state index is -0.537. The SMILES string of the molecule is COC(=O)CCn1c(=NC(=O)c2ccc([N+](=O)[O-])cc2)sc2cc(OC)ccc21. The molecule has 29 heavy (non-hydrogen) atoms. The predicted octanol–water partition coefficient (Wildman–Crippen LogP) is 2.92. The van der Waals surface area contributed by atoms with Crippen molar-refractivity contribution in [2.75, 3.05) is 14.2 Å². The van der Waals surface area contributed by atoms with Crippen LogP contribution in [0, 0.1) is 10.1 Å². The van der Waals surface area contributed by atoms with Gasteiger partial charge in [-0.3, -0.25) is 19.7 Å². The second-order valence-electron chi connectivity index (χ2n) is 5.92. The minimum Gasteiger partial charge on any atom is -0.497 e. The lowest BCUT2D eigenvalue weighted by molar-refractivity contribution is -0.384. The van der Waals surface area contributed by atoms with Gasteiger partial charge in [0.05, 0.1) is 35.8 Å². The summed E-state index contributed by atoms with van der Waals surface area (Å²) < 4.78 is 12.5. The number of hydrogen-bond acceptors (Lipinski definition) is 7. The smallest absolute Gasteiger partial charge is 0.307 e. The molecule has 0 N–H and O–H groups in total. The van der Waals surface area contributed by atoms with Crippen LogP contribution in [0.15, 0.2) is 47.5 Å². The van der Waals surface area contributed by atoms with E-state index in [0.29, 0.717) is 10.6 Å². The van der Waals surface area contributed by atoms with Gasteiger partial charge in [0.15, 0.2) is 4.80 Å². The van der Waals surface area contributed by atoms with Crippen molar-refractivity contribution in [3.8, 4) is 5.75 Å². The van der Waals surface area contributed by atoms with Gasteiger partial charge in [-0.25, -0.2) is 0 Å². The highest BCUT2D eigenvalue weighted by molar-refractivity contribution is 7.16. The Hall–Kier alpha value is -3.53. The van der Waals surface area contributed by atoms with Gasteiger partial charge in [-0.15, -0.1) is 0 Å². The van der Waals surface area contributed by atoms with Crippen LogP contribution in [0.3, 0.4) is 0 Å². The van der Waals surface area contributed by atoms with Gasteiger partial charge >= 0.3 is 5.97 Å². The summed E-state index contributed by atoms with van der Waals surface area (Å²) in [6.07, 6.45) is 0.118. The normalized spacial score (nSPS) is 11.4. The molecule has 0 saturated heterocycles. The number of esters is 1. The van der Waals surface area contributed by atoms with E-state index < -0.39 is 10.8 Å². The molecule has 10 heteroatoms. The van der Waals surface area contributed by atoms with Gasteiger partial charge in [0.2, 0.25) is 0 Å². The molecule has 3 rings (SSSR count). The number of carbonyl (C=O) groups excluding carboxylic acids is 2. The van der Waals surface area contributed by atoms with Crippen molar-refractivity contribution in [3.05, 3.63) is 62.9 Å². The fourth-order valence-electron chi connectivity index (χ4n) is 2.66. The third-order valence-electron chi connectivity index (χ3n) is 4.18.